The van der Waals surface area contributed by atoms with Gasteiger partial charge in [0.15, 0.2) is 11.4 Å². The Morgan fingerprint density at radius 1 is 1.03 bits per heavy atom. The highest BCUT2D eigenvalue weighted by molar-refractivity contribution is 6.31. The van der Waals surface area contributed by atoms with Crippen LogP contribution in [0.15, 0.2) is 66.9 Å². The van der Waals surface area contributed by atoms with E-state index in [1.165, 1.54) is 0 Å². The fourth-order valence-electron chi connectivity index (χ4n) is 3.35. The Kier molecular flexibility index (Phi) is 6.52. The second-order valence-corrected chi connectivity index (χ2v) is 7.69. The monoisotopic (exact) mass is 446 g/mol. The standard InChI is InChI=1S/C25H23ClN4O2/c1-3-4-18-8-11-20-21(13-14-28-24(20)29-18)30-22-15-17(26)7-12-23(22)32-19-9-5-16(6-10-19)25(31)27-2/h5-15H,3-4H2,1-2H3,(H,27,31)(H,28,29,30). The summed E-state index contributed by atoms with van der Waals surface area (Å²) in [7, 11) is 1.60. The van der Waals surface area contributed by atoms with Gasteiger partial charge in [-0.2, -0.15) is 0 Å². The zero-order chi connectivity index (χ0) is 22.5. The number of hydrogen-bond acceptors (Lipinski definition) is 5. The molecule has 0 spiro atoms. The maximum atomic E-state index is 11.8. The van der Waals surface area contributed by atoms with Crippen LogP contribution in [-0.4, -0.2) is 22.9 Å². The molecule has 7 heteroatoms. The number of nitrogens with zero attached hydrogens (tertiary/aromatic N) is 2. The lowest BCUT2D eigenvalue weighted by Crippen LogP contribution is -2.17. The smallest absolute Gasteiger partial charge is 0.251 e. The molecule has 162 valence electrons. The molecular weight excluding hydrogens is 424 g/mol. The number of hydrogen-bond donors (Lipinski definition) is 2. The normalized spacial score (nSPS) is 10.7. The zero-order valence-electron chi connectivity index (χ0n) is 17.9. The van der Waals surface area contributed by atoms with E-state index in [4.69, 9.17) is 16.3 Å². The van der Waals surface area contributed by atoms with Gasteiger partial charge in [-0.05, 0) is 67.1 Å². The summed E-state index contributed by atoms with van der Waals surface area (Å²) >= 11 is 6.27. The van der Waals surface area contributed by atoms with E-state index in [9.17, 15) is 4.79 Å². The van der Waals surface area contributed by atoms with Gasteiger partial charge in [-0.25, -0.2) is 9.97 Å². The first-order chi connectivity index (χ1) is 15.6. The van der Waals surface area contributed by atoms with Crippen LogP contribution in [0.2, 0.25) is 5.02 Å². The molecule has 0 aliphatic heterocycles. The van der Waals surface area contributed by atoms with E-state index in [0.717, 1.165) is 29.6 Å². The fourth-order valence-corrected chi connectivity index (χ4v) is 3.52. The minimum Gasteiger partial charge on any atom is -0.455 e. The number of anilines is 2. The lowest BCUT2D eigenvalue weighted by molar-refractivity contribution is 0.0963. The third-order valence-electron chi connectivity index (χ3n) is 4.95. The third kappa shape index (κ3) is 4.81. The van der Waals surface area contributed by atoms with E-state index in [-0.39, 0.29) is 5.91 Å². The van der Waals surface area contributed by atoms with Crippen molar-refractivity contribution in [1.82, 2.24) is 15.3 Å². The molecule has 2 heterocycles. The molecule has 0 aliphatic rings. The maximum Gasteiger partial charge on any atom is 0.251 e. The van der Waals surface area contributed by atoms with Crippen molar-refractivity contribution in [2.75, 3.05) is 12.4 Å². The first-order valence-corrected chi connectivity index (χ1v) is 10.8. The van der Waals surface area contributed by atoms with E-state index in [2.05, 4.69) is 27.5 Å². The van der Waals surface area contributed by atoms with Gasteiger partial charge in [0.2, 0.25) is 0 Å². The highest BCUT2D eigenvalue weighted by Crippen LogP contribution is 2.35. The van der Waals surface area contributed by atoms with Crippen LogP contribution in [-0.2, 0) is 6.42 Å². The molecule has 0 bridgehead atoms. The molecule has 2 aromatic heterocycles. The summed E-state index contributed by atoms with van der Waals surface area (Å²) in [5.41, 5.74) is 3.84. The fraction of sp³-hybridized carbons (Fsp3) is 0.160. The molecule has 0 saturated heterocycles. The number of carbonyl (C=O) groups is 1. The van der Waals surface area contributed by atoms with Gasteiger partial charge in [0.25, 0.3) is 5.91 Å². The van der Waals surface area contributed by atoms with Crippen LogP contribution in [0, 0.1) is 0 Å². The van der Waals surface area contributed by atoms with Crippen molar-refractivity contribution in [3.63, 3.8) is 0 Å². The van der Waals surface area contributed by atoms with E-state index in [1.54, 1.807) is 55.7 Å². The number of aryl methyl sites for hydroxylation is 1. The second kappa shape index (κ2) is 9.66. The molecular formula is C25H23ClN4O2. The molecule has 0 saturated carbocycles. The Bertz CT molecular complexity index is 1260. The number of rotatable bonds is 7. The minimum atomic E-state index is -0.148. The number of amides is 1. The van der Waals surface area contributed by atoms with Crippen LogP contribution >= 0.6 is 11.6 Å². The molecule has 0 radical (unpaired) electrons. The van der Waals surface area contributed by atoms with Crippen LogP contribution in [0.4, 0.5) is 11.4 Å². The zero-order valence-corrected chi connectivity index (χ0v) is 18.6. The van der Waals surface area contributed by atoms with Crippen LogP contribution in [0.5, 0.6) is 11.5 Å². The Balaban J connectivity index is 1.64. The van der Waals surface area contributed by atoms with Crippen LogP contribution in [0.3, 0.4) is 0 Å². The summed E-state index contributed by atoms with van der Waals surface area (Å²) in [6.07, 6.45) is 3.68. The van der Waals surface area contributed by atoms with Crippen molar-refractivity contribution in [1.29, 1.82) is 0 Å². The molecule has 4 rings (SSSR count). The number of halogens is 1. The van der Waals surface area contributed by atoms with E-state index < -0.39 is 0 Å². The summed E-state index contributed by atoms with van der Waals surface area (Å²) < 4.78 is 6.08. The number of aromatic nitrogens is 2. The van der Waals surface area contributed by atoms with E-state index >= 15 is 0 Å². The average molecular weight is 447 g/mol. The third-order valence-corrected chi connectivity index (χ3v) is 5.18. The van der Waals surface area contributed by atoms with Crippen molar-refractivity contribution < 1.29 is 9.53 Å². The van der Waals surface area contributed by atoms with E-state index in [1.807, 2.05) is 18.2 Å². The van der Waals surface area contributed by atoms with Gasteiger partial charge in [0, 0.05) is 34.9 Å². The molecule has 6 nitrogen and oxygen atoms in total. The second-order valence-electron chi connectivity index (χ2n) is 7.25. The van der Waals surface area contributed by atoms with Gasteiger partial charge in [0.1, 0.15) is 5.75 Å². The number of nitrogens with one attached hydrogen (secondary N) is 2. The Hall–Kier alpha value is -3.64. The summed E-state index contributed by atoms with van der Waals surface area (Å²) in [6, 6.07) is 18.3. The first kappa shape index (κ1) is 21.6. The minimum absolute atomic E-state index is 0.148. The van der Waals surface area contributed by atoms with Gasteiger partial charge < -0.3 is 15.4 Å². The largest absolute Gasteiger partial charge is 0.455 e. The van der Waals surface area contributed by atoms with Gasteiger partial charge >= 0.3 is 0 Å². The number of benzene rings is 2. The lowest BCUT2D eigenvalue weighted by atomic mass is 10.1. The van der Waals surface area contributed by atoms with Crippen molar-refractivity contribution in [2.24, 2.45) is 0 Å². The van der Waals surface area contributed by atoms with Crippen LogP contribution in [0.1, 0.15) is 29.4 Å². The topological polar surface area (TPSA) is 76.1 Å². The molecule has 4 aromatic rings. The van der Waals surface area contributed by atoms with Crippen LogP contribution < -0.4 is 15.4 Å². The highest BCUT2D eigenvalue weighted by atomic mass is 35.5. The quantitative estimate of drug-likeness (QED) is 0.357. The van der Waals surface area contributed by atoms with Gasteiger partial charge in [0.05, 0.1) is 11.4 Å². The number of carbonyl (C=O) groups excluding carboxylic acids is 1. The maximum absolute atomic E-state index is 11.8. The van der Waals surface area contributed by atoms with E-state index in [0.29, 0.717) is 33.4 Å². The number of ether oxygens (including phenoxy) is 1. The average Bonchev–Trinajstić information content (AvgIpc) is 2.81. The number of pyridine rings is 2. The first-order valence-electron chi connectivity index (χ1n) is 10.4. The summed E-state index contributed by atoms with van der Waals surface area (Å²) in [5, 5.41) is 7.51. The van der Waals surface area contributed by atoms with Crippen molar-refractivity contribution in [3.8, 4) is 11.5 Å². The molecule has 0 fully saturated rings. The molecule has 2 aromatic carbocycles. The molecule has 2 N–H and O–H groups in total. The molecule has 0 atom stereocenters. The Labute approximate surface area is 191 Å². The SMILES string of the molecule is CCCc1ccc2c(Nc3cc(Cl)ccc3Oc3ccc(C(=O)NC)cc3)ccnc2n1. The number of fused-ring (bicyclic) bond motifs is 1. The van der Waals surface area contributed by atoms with Crippen molar-refractivity contribution in [2.45, 2.75) is 19.8 Å². The molecule has 0 aliphatic carbocycles. The van der Waals surface area contributed by atoms with Crippen LogP contribution in [0.25, 0.3) is 11.0 Å². The summed E-state index contributed by atoms with van der Waals surface area (Å²) in [5.74, 6) is 1.06. The summed E-state index contributed by atoms with van der Waals surface area (Å²) in [6.45, 7) is 2.13. The van der Waals surface area contributed by atoms with Crippen molar-refractivity contribution >= 4 is 39.9 Å². The van der Waals surface area contributed by atoms with Gasteiger partial charge in [-0.15, -0.1) is 0 Å². The highest BCUT2D eigenvalue weighted by Gasteiger charge is 2.11. The predicted octanol–water partition coefficient (Wildman–Crippen LogP) is 6.13. The lowest BCUT2D eigenvalue weighted by Gasteiger charge is -2.15. The molecule has 32 heavy (non-hydrogen) atoms. The molecule has 1 amide bonds. The molecule has 0 unspecified atom stereocenters. The van der Waals surface area contributed by atoms with Crippen molar-refractivity contribution in [3.05, 3.63) is 83.1 Å². The predicted molar refractivity (Wildman–Crippen MR) is 128 cm³/mol. The Morgan fingerprint density at radius 2 is 1.84 bits per heavy atom. The Morgan fingerprint density at radius 3 is 2.59 bits per heavy atom. The summed E-state index contributed by atoms with van der Waals surface area (Å²) in [4.78, 5) is 20.8. The van der Waals surface area contributed by atoms with Gasteiger partial charge in [-0.1, -0.05) is 24.9 Å². The van der Waals surface area contributed by atoms with Gasteiger partial charge in [-0.3, -0.25) is 4.79 Å².